The molecule has 29 heavy (non-hydrogen) atoms. The van der Waals surface area contributed by atoms with E-state index in [1.165, 1.54) is 0 Å². The van der Waals surface area contributed by atoms with Crippen molar-refractivity contribution in [3.05, 3.63) is 109 Å². The van der Waals surface area contributed by atoms with Gasteiger partial charge in [-0.15, -0.1) is 0 Å². The van der Waals surface area contributed by atoms with Gasteiger partial charge in [-0.25, -0.2) is 0 Å². The van der Waals surface area contributed by atoms with Gasteiger partial charge in [0, 0.05) is 16.3 Å². The highest BCUT2D eigenvalue weighted by Gasteiger charge is 2.39. The quantitative estimate of drug-likeness (QED) is 0.419. The Morgan fingerprint density at radius 2 is 1.38 bits per heavy atom. The van der Waals surface area contributed by atoms with E-state index in [0.29, 0.717) is 5.76 Å². The van der Waals surface area contributed by atoms with Crippen LogP contribution >= 0.6 is 7.14 Å². The van der Waals surface area contributed by atoms with Crippen molar-refractivity contribution in [3.8, 4) is 5.75 Å². The molecular weight excluding hydrogens is 381 g/mol. The van der Waals surface area contributed by atoms with Crippen LogP contribution in [0.1, 0.15) is 11.5 Å². The summed E-state index contributed by atoms with van der Waals surface area (Å²) in [6.07, 6.45) is 1.61. The van der Waals surface area contributed by atoms with Gasteiger partial charge in [0.2, 0.25) is 0 Å². The lowest BCUT2D eigenvalue weighted by Gasteiger charge is -2.29. The molecule has 3 aromatic carbocycles. The van der Waals surface area contributed by atoms with Crippen molar-refractivity contribution >= 4 is 23.4 Å². The van der Waals surface area contributed by atoms with Crippen LogP contribution in [0.3, 0.4) is 0 Å². The van der Waals surface area contributed by atoms with Crippen LogP contribution in [0.4, 0.5) is 5.69 Å². The molecule has 0 amide bonds. The van der Waals surface area contributed by atoms with Crippen molar-refractivity contribution in [2.45, 2.75) is 5.78 Å². The van der Waals surface area contributed by atoms with Crippen molar-refractivity contribution in [3.63, 3.8) is 0 Å². The first-order valence-corrected chi connectivity index (χ1v) is 11.1. The molecule has 146 valence electrons. The molecule has 1 N–H and O–H groups in total. The van der Waals surface area contributed by atoms with Gasteiger partial charge < -0.3 is 19.0 Å². The van der Waals surface area contributed by atoms with E-state index in [4.69, 9.17) is 9.15 Å². The van der Waals surface area contributed by atoms with Crippen LogP contribution < -0.4 is 20.7 Å². The highest BCUT2D eigenvalue weighted by molar-refractivity contribution is 7.79. The molecule has 4 nitrogen and oxygen atoms in total. The predicted octanol–water partition coefficient (Wildman–Crippen LogP) is 5.41. The maximum absolute atomic E-state index is 14.8. The van der Waals surface area contributed by atoms with Gasteiger partial charge in [-0.1, -0.05) is 60.7 Å². The zero-order valence-electron chi connectivity index (χ0n) is 16.1. The second-order valence-electron chi connectivity index (χ2n) is 6.62. The highest BCUT2D eigenvalue weighted by Crippen LogP contribution is 2.57. The van der Waals surface area contributed by atoms with Crippen LogP contribution in [0.5, 0.6) is 5.75 Å². The molecule has 0 saturated heterocycles. The van der Waals surface area contributed by atoms with Crippen LogP contribution in [-0.4, -0.2) is 7.11 Å². The number of rotatable bonds is 7. The SMILES string of the molecule is COc1ccc(N[C@H](c2ccco2)P(=O)(c2ccccc2)c2ccccc2)cc1. The molecule has 0 aliphatic heterocycles. The third-order valence-corrected chi connectivity index (χ3v) is 8.09. The van der Waals surface area contributed by atoms with E-state index >= 15 is 0 Å². The molecule has 0 saturated carbocycles. The summed E-state index contributed by atoms with van der Waals surface area (Å²) in [5, 5.41) is 5.00. The fraction of sp³-hybridized carbons (Fsp3) is 0.0833. The van der Waals surface area contributed by atoms with Crippen LogP contribution in [0.2, 0.25) is 0 Å². The molecule has 0 aliphatic rings. The van der Waals surface area contributed by atoms with Gasteiger partial charge in [0.25, 0.3) is 0 Å². The lowest BCUT2D eigenvalue weighted by atomic mass is 10.3. The number of hydrogen-bond acceptors (Lipinski definition) is 4. The summed E-state index contributed by atoms with van der Waals surface area (Å²) < 4.78 is 25.8. The van der Waals surface area contributed by atoms with E-state index in [0.717, 1.165) is 22.0 Å². The molecule has 0 fully saturated rings. The zero-order chi connectivity index (χ0) is 20.1. The van der Waals surface area contributed by atoms with E-state index in [1.807, 2.05) is 97.1 Å². The first-order valence-electron chi connectivity index (χ1n) is 9.37. The molecule has 0 unspecified atom stereocenters. The fourth-order valence-electron chi connectivity index (χ4n) is 3.38. The molecule has 0 aliphatic carbocycles. The molecular formula is C24H22NO3P. The topological polar surface area (TPSA) is 51.5 Å². The summed E-state index contributed by atoms with van der Waals surface area (Å²) in [6, 6.07) is 30.4. The number of methoxy groups -OCH3 is 1. The minimum atomic E-state index is -3.14. The Bertz CT molecular complexity index is 1030. The Labute approximate surface area is 170 Å². The zero-order valence-corrected chi connectivity index (χ0v) is 17.0. The number of benzene rings is 3. The number of nitrogens with one attached hydrogen (secondary N) is 1. The van der Waals surface area contributed by atoms with Crippen molar-refractivity contribution < 1.29 is 13.7 Å². The van der Waals surface area contributed by atoms with Gasteiger partial charge in [0.1, 0.15) is 17.3 Å². The second kappa shape index (κ2) is 8.42. The third-order valence-electron chi connectivity index (χ3n) is 4.85. The van der Waals surface area contributed by atoms with Gasteiger partial charge in [-0.05, 0) is 36.4 Å². The van der Waals surface area contributed by atoms with Gasteiger partial charge in [0.05, 0.1) is 13.4 Å². The molecule has 0 spiro atoms. The van der Waals surface area contributed by atoms with Gasteiger partial charge in [-0.2, -0.15) is 0 Å². The molecule has 5 heteroatoms. The minimum Gasteiger partial charge on any atom is -0.497 e. The molecule has 0 bridgehead atoms. The minimum absolute atomic E-state index is 0.560. The number of hydrogen-bond donors (Lipinski definition) is 1. The van der Waals surface area contributed by atoms with Crippen LogP contribution in [0.15, 0.2) is 108 Å². The Hall–Kier alpha value is -3.23. The second-order valence-corrected chi connectivity index (χ2v) is 9.49. The Balaban J connectivity index is 1.86. The number of furan rings is 1. The van der Waals surface area contributed by atoms with E-state index in [9.17, 15) is 4.57 Å². The number of anilines is 1. The number of ether oxygens (including phenoxy) is 1. The molecule has 1 heterocycles. The van der Waals surface area contributed by atoms with Gasteiger partial charge in [0.15, 0.2) is 7.14 Å². The first kappa shape index (κ1) is 19.1. The van der Waals surface area contributed by atoms with Crippen molar-refractivity contribution in [2.75, 3.05) is 12.4 Å². The van der Waals surface area contributed by atoms with Crippen molar-refractivity contribution in [1.29, 1.82) is 0 Å². The van der Waals surface area contributed by atoms with Crippen LogP contribution in [0.25, 0.3) is 0 Å². The first-order chi connectivity index (χ1) is 14.2. The molecule has 4 rings (SSSR count). The van der Waals surface area contributed by atoms with Crippen molar-refractivity contribution in [2.24, 2.45) is 0 Å². The summed E-state index contributed by atoms with van der Waals surface area (Å²) in [7, 11) is -1.51. The predicted molar refractivity (Wildman–Crippen MR) is 118 cm³/mol. The Morgan fingerprint density at radius 1 is 0.793 bits per heavy atom. The maximum atomic E-state index is 14.8. The standard InChI is InChI=1S/C24H22NO3P/c1-27-20-16-14-19(15-17-20)25-24(23-13-8-18-28-23)29(26,21-9-4-2-5-10-21)22-11-6-3-7-12-22/h2-18,24-25H,1H3/t24-/m0/s1. The van der Waals surface area contributed by atoms with Crippen molar-refractivity contribution in [1.82, 2.24) is 0 Å². The fourth-order valence-corrected chi connectivity index (χ4v) is 6.34. The van der Waals surface area contributed by atoms with E-state index < -0.39 is 12.9 Å². The van der Waals surface area contributed by atoms with Gasteiger partial charge in [-0.3, -0.25) is 0 Å². The van der Waals surface area contributed by atoms with Crippen LogP contribution in [0, 0.1) is 0 Å². The molecule has 0 radical (unpaired) electrons. The highest BCUT2D eigenvalue weighted by atomic mass is 31.2. The third kappa shape index (κ3) is 3.85. The lowest BCUT2D eigenvalue weighted by molar-refractivity contribution is 0.415. The summed E-state index contributed by atoms with van der Waals surface area (Å²) in [6.45, 7) is 0. The van der Waals surface area contributed by atoms with Crippen LogP contribution in [-0.2, 0) is 4.57 Å². The van der Waals surface area contributed by atoms with E-state index in [2.05, 4.69) is 5.32 Å². The molecule has 1 atom stereocenters. The Kier molecular flexibility index (Phi) is 5.55. The smallest absolute Gasteiger partial charge is 0.171 e. The molecule has 1 aromatic heterocycles. The van der Waals surface area contributed by atoms with Gasteiger partial charge >= 0.3 is 0 Å². The van der Waals surface area contributed by atoms with E-state index in [1.54, 1.807) is 13.4 Å². The average Bonchev–Trinajstić information content (AvgIpc) is 3.33. The summed E-state index contributed by atoms with van der Waals surface area (Å²) in [4.78, 5) is 0. The normalized spacial score (nSPS) is 12.3. The summed E-state index contributed by atoms with van der Waals surface area (Å²) in [5.74, 6) is 0.826. The summed E-state index contributed by atoms with van der Waals surface area (Å²) in [5.41, 5.74) is 0.833. The van der Waals surface area contributed by atoms with E-state index in [-0.39, 0.29) is 0 Å². The summed E-state index contributed by atoms with van der Waals surface area (Å²) >= 11 is 0. The molecule has 4 aromatic rings. The maximum Gasteiger partial charge on any atom is 0.171 e. The largest absolute Gasteiger partial charge is 0.497 e. The monoisotopic (exact) mass is 403 g/mol. The Morgan fingerprint density at radius 3 is 1.86 bits per heavy atom. The lowest BCUT2D eigenvalue weighted by Crippen LogP contribution is -2.25. The average molecular weight is 403 g/mol.